The molecule has 0 amide bonds. The van der Waals surface area contributed by atoms with Gasteiger partial charge < -0.3 is 15.1 Å². The molecule has 1 aromatic heterocycles. The van der Waals surface area contributed by atoms with Crippen molar-refractivity contribution in [1.29, 1.82) is 0 Å². The molecule has 13 heteroatoms. The highest BCUT2D eigenvalue weighted by atomic mass is 35.5. The van der Waals surface area contributed by atoms with Crippen LogP contribution in [-0.2, 0) is 16.0 Å². The van der Waals surface area contributed by atoms with Crippen molar-refractivity contribution in [3.8, 4) is 0 Å². The van der Waals surface area contributed by atoms with Crippen LogP contribution >= 0.6 is 23.4 Å². The van der Waals surface area contributed by atoms with Gasteiger partial charge in [0.25, 0.3) is 5.56 Å². The van der Waals surface area contributed by atoms with Crippen molar-refractivity contribution < 1.29 is 33.0 Å². The summed E-state index contributed by atoms with van der Waals surface area (Å²) in [6, 6.07) is 14.8. The Morgan fingerprint density at radius 1 is 1.04 bits per heavy atom. The van der Waals surface area contributed by atoms with Gasteiger partial charge in [0.1, 0.15) is 17.8 Å². The van der Waals surface area contributed by atoms with E-state index in [-0.39, 0.29) is 36.4 Å². The van der Waals surface area contributed by atoms with Crippen molar-refractivity contribution in [2.75, 3.05) is 26.1 Å². The Labute approximate surface area is 340 Å². The van der Waals surface area contributed by atoms with Crippen molar-refractivity contribution in [2.45, 2.75) is 95.3 Å². The number of rotatable bonds is 5. The Hall–Kier alpha value is -3.29. The molecule has 4 aliphatic carbocycles. The molecule has 0 radical (unpaired) electrons. The third-order valence-electron chi connectivity index (χ3n) is 14.2. The summed E-state index contributed by atoms with van der Waals surface area (Å²) in [6.45, 7) is 6.87. The highest BCUT2D eigenvalue weighted by molar-refractivity contribution is 8.13. The van der Waals surface area contributed by atoms with Crippen LogP contribution < -0.4 is 5.56 Å². The van der Waals surface area contributed by atoms with Crippen molar-refractivity contribution >= 4 is 45.0 Å². The number of fused-ring (bicyclic) bond motifs is 6. The van der Waals surface area contributed by atoms with Crippen LogP contribution in [0.15, 0.2) is 77.1 Å². The summed E-state index contributed by atoms with van der Waals surface area (Å²) in [5.74, 6) is -2.57. The van der Waals surface area contributed by atoms with Crippen LogP contribution in [0, 0.1) is 28.6 Å². The highest BCUT2D eigenvalue weighted by Gasteiger charge is 2.76. The molecule has 2 heterocycles. The molecule has 2 N–H and O–H groups in total. The van der Waals surface area contributed by atoms with Gasteiger partial charge in [-0.1, -0.05) is 73.6 Å². The topological polar surface area (TPSA) is 113 Å². The van der Waals surface area contributed by atoms with E-state index in [9.17, 15) is 29.0 Å². The Morgan fingerprint density at radius 2 is 1.74 bits per heavy atom. The zero-order valence-electron chi connectivity index (χ0n) is 32.8. The van der Waals surface area contributed by atoms with Gasteiger partial charge in [0.05, 0.1) is 23.2 Å². The molecular weight excluding hydrogens is 775 g/mol. The van der Waals surface area contributed by atoms with Crippen LogP contribution in [0.1, 0.15) is 76.6 Å². The quantitative estimate of drug-likeness (QED) is 0.269. The van der Waals surface area contributed by atoms with E-state index in [0.717, 1.165) is 65.5 Å². The third-order valence-corrected chi connectivity index (χ3v) is 15.1. The van der Waals surface area contributed by atoms with E-state index in [1.165, 1.54) is 19.1 Å². The molecule has 3 aromatic rings. The number of nitrogens with zero attached hydrogens (tertiary/aromatic N) is 3. The summed E-state index contributed by atoms with van der Waals surface area (Å²) in [7, 11) is 2.14. The summed E-state index contributed by atoms with van der Waals surface area (Å²) < 4.78 is 46.8. The second-order valence-electron chi connectivity index (χ2n) is 17.2. The van der Waals surface area contributed by atoms with Gasteiger partial charge in [0.15, 0.2) is 11.5 Å². The van der Waals surface area contributed by atoms with Crippen LogP contribution in [-0.4, -0.2) is 85.5 Å². The van der Waals surface area contributed by atoms with Crippen LogP contribution in [0.3, 0.4) is 0 Å². The minimum atomic E-state index is -2.26. The van der Waals surface area contributed by atoms with Crippen molar-refractivity contribution in [3.63, 3.8) is 0 Å². The van der Waals surface area contributed by atoms with E-state index in [1.807, 2.05) is 48.5 Å². The van der Waals surface area contributed by atoms with Gasteiger partial charge in [-0.25, -0.2) is 17.9 Å². The third kappa shape index (κ3) is 6.85. The maximum atomic E-state index is 16.9. The minimum Gasteiger partial charge on any atom is -0.390 e. The molecule has 0 spiro atoms. The zero-order chi connectivity index (χ0) is 41.1. The molecule has 8 rings (SSSR count). The second-order valence-corrected chi connectivity index (χ2v) is 18.6. The second kappa shape index (κ2) is 15.7. The van der Waals surface area contributed by atoms with Crippen LogP contribution in [0.4, 0.5) is 13.2 Å². The zero-order valence-corrected chi connectivity index (χ0v) is 34.3. The van der Waals surface area contributed by atoms with Crippen LogP contribution in [0.2, 0.25) is 5.02 Å². The SMILES string of the molecule is CN1CCCC(n2nc(Cc3ccc(Cl)cc3)c3ccccc3c2=O)CC1.C[C@@H]1C[C@H]2[C@@H]3C[C@H](F)C4=CC(=O)C=C[C@]4(C)[C@@]3(F)[C@@H](O)C[C@]2(C)[C@@]1(O)C(=O)SCF. The smallest absolute Gasteiger partial charge is 0.274 e. The highest BCUT2D eigenvalue weighted by Crippen LogP contribution is 2.71. The monoisotopic (exact) mass is 825 g/mol. The molecule has 3 saturated carbocycles. The molecule has 1 aliphatic heterocycles. The number of aromatic nitrogens is 2. The fourth-order valence-corrected chi connectivity index (χ4v) is 11.9. The number of carbonyl (C=O) groups excluding carboxylic acids is 2. The number of benzene rings is 2. The molecule has 8 nitrogen and oxygen atoms in total. The Morgan fingerprint density at radius 3 is 2.44 bits per heavy atom. The first-order valence-electron chi connectivity index (χ1n) is 19.8. The number of aliphatic hydroxyl groups is 2. The average molecular weight is 826 g/mol. The number of thioether (sulfide) groups is 1. The number of carbonyl (C=O) groups is 2. The van der Waals surface area contributed by atoms with E-state index < -0.39 is 69.0 Å². The van der Waals surface area contributed by atoms with E-state index in [0.29, 0.717) is 18.2 Å². The van der Waals surface area contributed by atoms with Gasteiger partial charge in [-0.05, 0) is 119 Å². The van der Waals surface area contributed by atoms with E-state index >= 15 is 8.78 Å². The summed E-state index contributed by atoms with van der Waals surface area (Å²) in [5.41, 5.74) is -4.79. The van der Waals surface area contributed by atoms with E-state index in [1.54, 1.807) is 18.5 Å². The molecule has 10 atom stereocenters. The van der Waals surface area contributed by atoms with Crippen LogP contribution in [0.25, 0.3) is 10.8 Å². The fraction of sp³-hybridized carbons (Fsp3) is 0.545. The normalized spacial score (nSPS) is 36.3. The lowest BCUT2D eigenvalue weighted by Gasteiger charge is -2.63. The summed E-state index contributed by atoms with van der Waals surface area (Å²) in [6.07, 6.45) is 4.04. The summed E-state index contributed by atoms with van der Waals surface area (Å²) in [5, 5.41) is 29.1. The Kier molecular flexibility index (Phi) is 11.5. The maximum absolute atomic E-state index is 16.9. The van der Waals surface area contributed by atoms with Gasteiger partial charge in [-0.3, -0.25) is 14.4 Å². The number of aliphatic hydroxyl groups excluding tert-OH is 1. The van der Waals surface area contributed by atoms with Gasteiger partial charge in [0, 0.05) is 33.6 Å². The number of allylic oxidation sites excluding steroid dienone is 4. The molecule has 57 heavy (non-hydrogen) atoms. The Balaban J connectivity index is 0.000000175. The molecule has 0 bridgehead atoms. The lowest BCUT2D eigenvalue weighted by molar-refractivity contribution is -0.221. The standard InChI is InChI=1S/C22H24ClN3O.C22H27F3O4S/c1-25-13-4-5-18(12-14-25)26-22(27)20-7-3-2-6-19(20)21(24-26)15-16-8-10-17(23)11-9-16;1-11-6-13-14-8-16(24)15-7-12(26)4-5-19(15,2)21(14,25)17(27)9-20(13,3)22(11,29)18(28)30-10-23/h2-3,6-11,18H,4-5,12-15H2,1H3;4-5,7,11,13-14,16-17,27,29H,6,8-10H2,1-3H3/t;11-,13+,14+,16+,17+,19+,20+,21+,22+/m.1/s1. The first-order valence-corrected chi connectivity index (χ1v) is 21.2. The first kappa shape index (κ1) is 41.9. The largest absolute Gasteiger partial charge is 0.390 e. The number of alkyl halides is 3. The Bertz CT molecular complexity index is 2170. The molecule has 4 fully saturated rings. The lowest BCUT2D eigenvalue weighted by atomic mass is 9.44. The van der Waals surface area contributed by atoms with E-state index in [2.05, 4.69) is 11.9 Å². The average Bonchev–Trinajstić information content (AvgIpc) is 3.28. The predicted octanol–water partition coefficient (Wildman–Crippen LogP) is 7.77. The van der Waals surface area contributed by atoms with Crippen molar-refractivity contribution in [3.05, 3.63) is 99.0 Å². The number of hydrogen-bond donors (Lipinski definition) is 2. The van der Waals surface area contributed by atoms with E-state index in [4.69, 9.17) is 16.7 Å². The first-order chi connectivity index (χ1) is 27.0. The number of halogens is 4. The van der Waals surface area contributed by atoms with Crippen LogP contribution in [0.5, 0.6) is 0 Å². The van der Waals surface area contributed by atoms with Gasteiger partial charge in [-0.2, -0.15) is 5.10 Å². The molecule has 1 saturated heterocycles. The van der Waals surface area contributed by atoms with Crippen molar-refractivity contribution in [2.24, 2.45) is 28.6 Å². The molecule has 1 unspecified atom stereocenters. The molecule has 306 valence electrons. The molecular formula is C44H51ClF3N3O5S. The van der Waals surface area contributed by atoms with Crippen molar-refractivity contribution in [1.82, 2.24) is 14.7 Å². The molecule has 5 aliphatic rings. The maximum Gasteiger partial charge on any atom is 0.274 e. The predicted molar refractivity (Wildman–Crippen MR) is 217 cm³/mol. The van der Waals surface area contributed by atoms with Gasteiger partial charge >= 0.3 is 0 Å². The minimum absolute atomic E-state index is 0.0278. The number of likely N-dealkylation sites (tertiary alicyclic amines) is 1. The fourth-order valence-electron chi connectivity index (χ4n) is 11.0. The lowest BCUT2D eigenvalue weighted by Crippen LogP contribution is -2.70. The summed E-state index contributed by atoms with van der Waals surface area (Å²) >= 11 is 6.39. The molecule has 2 aromatic carbocycles. The summed E-state index contributed by atoms with van der Waals surface area (Å²) in [4.78, 5) is 40.0. The van der Waals surface area contributed by atoms with Gasteiger partial charge in [-0.15, -0.1) is 0 Å². The van der Waals surface area contributed by atoms with Gasteiger partial charge in [0.2, 0.25) is 5.12 Å². The number of hydrogen-bond acceptors (Lipinski definition) is 8. The number of ketones is 1.